The maximum atomic E-state index is 11.2. The second kappa shape index (κ2) is 6.09. The minimum Gasteiger partial charge on any atom is -0.478 e. The maximum absolute atomic E-state index is 11.2. The van der Waals surface area contributed by atoms with Gasteiger partial charge in [0.25, 0.3) is 0 Å². The fourth-order valence-electron chi connectivity index (χ4n) is 2.32. The fraction of sp³-hybridized carbons (Fsp3) is 0.286. The van der Waals surface area contributed by atoms with Gasteiger partial charge >= 0.3 is 5.97 Å². The second-order valence-corrected chi connectivity index (χ2v) is 5.62. The van der Waals surface area contributed by atoms with Gasteiger partial charge in [-0.2, -0.15) is 0 Å². The van der Waals surface area contributed by atoms with Crippen LogP contribution in [0.25, 0.3) is 6.08 Å². The van der Waals surface area contributed by atoms with Crippen molar-refractivity contribution in [3.63, 3.8) is 0 Å². The molecule has 20 heavy (non-hydrogen) atoms. The summed E-state index contributed by atoms with van der Waals surface area (Å²) < 4.78 is 0.872. The quantitative estimate of drug-likeness (QED) is 0.820. The van der Waals surface area contributed by atoms with Gasteiger partial charge in [-0.3, -0.25) is 4.79 Å². The number of aliphatic carboxylic acids is 1. The van der Waals surface area contributed by atoms with E-state index in [0.717, 1.165) is 34.8 Å². The third kappa shape index (κ3) is 3.39. The Hall–Kier alpha value is -1.82. The number of carbonyl (C=O) groups excluding carboxylic acids is 1. The lowest BCUT2D eigenvalue weighted by atomic mass is 10.1. The molecule has 106 valence electrons. The molecule has 1 amide bonds. The molecular formula is C14H15BrN2O3. The largest absolute Gasteiger partial charge is 0.478 e. The Morgan fingerprint density at radius 3 is 2.80 bits per heavy atom. The van der Waals surface area contributed by atoms with Crippen LogP contribution in [-0.4, -0.2) is 30.1 Å². The van der Waals surface area contributed by atoms with E-state index in [1.54, 1.807) is 6.08 Å². The lowest BCUT2D eigenvalue weighted by molar-refractivity contribution is -0.131. The number of hydrogen-bond acceptors (Lipinski definition) is 3. The summed E-state index contributed by atoms with van der Waals surface area (Å²) in [5.41, 5.74) is 7.04. The molecule has 6 heteroatoms. The van der Waals surface area contributed by atoms with Gasteiger partial charge < -0.3 is 15.7 Å². The molecule has 1 aromatic rings. The van der Waals surface area contributed by atoms with E-state index >= 15 is 0 Å². The van der Waals surface area contributed by atoms with Gasteiger partial charge in [-0.25, -0.2) is 4.79 Å². The molecule has 1 aliphatic rings. The number of anilines is 1. The van der Waals surface area contributed by atoms with Crippen LogP contribution in [0.5, 0.6) is 0 Å². The van der Waals surface area contributed by atoms with Crippen LogP contribution >= 0.6 is 15.9 Å². The maximum Gasteiger partial charge on any atom is 0.328 e. The van der Waals surface area contributed by atoms with Crippen LogP contribution < -0.4 is 10.6 Å². The highest BCUT2D eigenvalue weighted by molar-refractivity contribution is 9.10. The van der Waals surface area contributed by atoms with Gasteiger partial charge in [-0.05, 0) is 36.3 Å². The molecule has 1 aliphatic heterocycles. The summed E-state index contributed by atoms with van der Waals surface area (Å²) in [6, 6.07) is 5.66. The molecule has 0 aliphatic carbocycles. The van der Waals surface area contributed by atoms with Gasteiger partial charge in [-0.1, -0.05) is 15.9 Å². The van der Waals surface area contributed by atoms with E-state index in [9.17, 15) is 9.59 Å². The Bertz CT molecular complexity index is 572. The van der Waals surface area contributed by atoms with E-state index in [-0.39, 0.29) is 11.8 Å². The smallest absolute Gasteiger partial charge is 0.328 e. The van der Waals surface area contributed by atoms with Crippen LogP contribution in [0, 0.1) is 5.92 Å². The topological polar surface area (TPSA) is 83.6 Å². The zero-order valence-corrected chi connectivity index (χ0v) is 12.3. The minimum absolute atomic E-state index is 0.144. The lowest BCUT2D eigenvalue weighted by Crippen LogP contribution is -2.27. The molecule has 1 fully saturated rings. The molecule has 3 N–H and O–H groups in total. The third-order valence-corrected chi connectivity index (χ3v) is 3.82. The van der Waals surface area contributed by atoms with Crippen LogP contribution in [0.3, 0.4) is 0 Å². The van der Waals surface area contributed by atoms with Crippen molar-refractivity contribution in [2.24, 2.45) is 11.7 Å². The number of hydrogen-bond donors (Lipinski definition) is 2. The van der Waals surface area contributed by atoms with E-state index in [2.05, 4.69) is 20.8 Å². The Labute approximate surface area is 125 Å². The summed E-state index contributed by atoms with van der Waals surface area (Å²) in [5, 5.41) is 8.74. The van der Waals surface area contributed by atoms with E-state index in [1.807, 2.05) is 18.2 Å². The number of amides is 1. The molecule has 2 rings (SSSR count). The van der Waals surface area contributed by atoms with Crippen molar-refractivity contribution in [1.29, 1.82) is 0 Å². The average Bonchev–Trinajstić information content (AvgIpc) is 2.86. The first-order valence-electron chi connectivity index (χ1n) is 6.22. The molecule has 0 radical (unpaired) electrons. The van der Waals surface area contributed by atoms with Gasteiger partial charge in [0, 0.05) is 29.3 Å². The summed E-state index contributed by atoms with van der Waals surface area (Å²) in [6.45, 7) is 1.31. The Kier molecular flexibility index (Phi) is 4.44. The molecule has 5 nitrogen and oxygen atoms in total. The third-order valence-electron chi connectivity index (χ3n) is 3.33. The lowest BCUT2D eigenvalue weighted by Gasteiger charge is -2.21. The van der Waals surface area contributed by atoms with Gasteiger partial charge in [-0.15, -0.1) is 0 Å². The van der Waals surface area contributed by atoms with Gasteiger partial charge in [0.05, 0.1) is 5.92 Å². The number of carboxylic acids is 1. The molecule has 1 atom stereocenters. The van der Waals surface area contributed by atoms with Crippen LogP contribution in [0.4, 0.5) is 5.69 Å². The number of carboxylic acid groups (broad SMARTS) is 1. The first kappa shape index (κ1) is 14.6. The van der Waals surface area contributed by atoms with Crippen LogP contribution in [0.2, 0.25) is 0 Å². The summed E-state index contributed by atoms with van der Waals surface area (Å²) >= 11 is 3.37. The first-order chi connectivity index (χ1) is 9.47. The van der Waals surface area contributed by atoms with Gasteiger partial charge in [0.2, 0.25) is 5.91 Å². The zero-order chi connectivity index (χ0) is 14.7. The molecule has 1 aromatic carbocycles. The number of benzene rings is 1. The molecule has 1 unspecified atom stereocenters. The second-order valence-electron chi connectivity index (χ2n) is 4.71. The van der Waals surface area contributed by atoms with Crippen LogP contribution in [0.1, 0.15) is 12.0 Å². The minimum atomic E-state index is -0.993. The molecular weight excluding hydrogens is 324 g/mol. The SMILES string of the molecule is NC(=O)C1CCN(c2ccc(Br)cc2/C=C/C(=O)O)C1. The van der Waals surface area contributed by atoms with Crippen molar-refractivity contribution < 1.29 is 14.7 Å². The highest BCUT2D eigenvalue weighted by atomic mass is 79.9. The summed E-state index contributed by atoms with van der Waals surface area (Å²) in [4.78, 5) is 23.9. The standard InChI is InChI=1S/C14H15BrN2O3/c15-11-2-3-12(9(7-11)1-4-13(18)19)17-6-5-10(8-17)14(16)20/h1-4,7,10H,5-6,8H2,(H2,16,20)(H,18,19)/b4-1+. The number of nitrogens with zero attached hydrogens (tertiary/aromatic N) is 1. The number of nitrogens with two attached hydrogens (primary N) is 1. The molecule has 0 aromatic heterocycles. The predicted molar refractivity (Wildman–Crippen MR) is 80.3 cm³/mol. The highest BCUT2D eigenvalue weighted by Gasteiger charge is 2.27. The van der Waals surface area contributed by atoms with Crippen molar-refractivity contribution in [2.75, 3.05) is 18.0 Å². The van der Waals surface area contributed by atoms with Crippen molar-refractivity contribution >= 4 is 39.6 Å². The van der Waals surface area contributed by atoms with E-state index in [0.29, 0.717) is 6.54 Å². The molecule has 0 bridgehead atoms. The summed E-state index contributed by atoms with van der Waals surface area (Å²) in [5.74, 6) is -1.42. The number of halogens is 1. The monoisotopic (exact) mass is 338 g/mol. The number of primary amides is 1. The highest BCUT2D eigenvalue weighted by Crippen LogP contribution is 2.30. The summed E-state index contributed by atoms with van der Waals surface area (Å²) in [6.07, 6.45) is 3.39. The van der Waals surface area contributed by atoms with E-state index < -0.39 is 5.97 Å². The molecule has 0 spiro atoms. The first-order valence-corrected chi connectivity index (χ1v) is 7.01. The number of rotatable bonds is 4. The Morgan fingerprint density at radius 2 is 2.20 bits per heavy atom. The van der Waals surface area contributed by atoms with Crippen molar-refractivity contribution in [3.05, 3.63) is 34.3 Å². The van der Waals surface area contributed by atoms with E-state index in [1.165, 1.54) is 0 Å². The summed E-state index contributed by atoms with van der Waals surface area (Å²) in [7, 11) is 0. The average molecular weight is 339 g/mol. The predicted octanol–water partition coefficient (Wildman–Crippen LogP) is 1.86. The molecule has 1 heterocycles. The zero-order valence-electron chi connectivity index (χ0n) is 10.8. The van der Waals surface area contributed by atoms with Gasteiger partial charge in [0.1, 0.15) is 0 Å². The Morgan fingerprint density at radius 1 is 1.45 bits per heavy atom. The fourth-order valence-corrected chi connectivity index (χ4v) is 2.70. The van der Waals surface area contributed by atoms with Crippen molar-refractivity contribution in [2.45, 2.75) is 6.42 Å². The van der Waals surface area contributed by atoms with Crippen LogP contribution in [-0.2, 0) is 9.59 Å². The van der Waals surface area contributed by atoms with E-state index in [4.69, 9.17) is 10.8 Å². The van der Waals surface area contributed by atoms with Crippen molar-refractivity contribution in [1.82, 2.24) is 0 Å². The Balaban J connectivity index is 2.27. The van der Waals surface area contributed by atoms with Crippen molar-refractivity contribution in [3.8, 4) is 0 Å². The molecule has 0 saturated carbocycles. The number of carbonyl (C=O) groups is 2. The molecule has 1 saturated heterocycles. The van der Waals surface area contributed by atoms with Gasteiger partial charge in [0.15, 0.2) is 0 Å². The normalized spacial score (nSPS) is 18.6. The van der Waals surface area contributed by atoms with Crippen LogP contribution in [0.15, 0.2) is 28.7 Å².